The number of ether oxygens (including phenoxy) is 1. The smallest absolute Gasteiger partial charge is 0.410 e. The number of amides is 4. The van der Waals surface area contributed by atoms with Crippen LogP contribution in [0.1, 0.15) is 30.4 Å². The second kappa shape index (κ2) is 15.5. The minimum atomic E-state index is -0.984. The number of anilines is 1. The van der Waals surface area contributed by atoms with Gasteiger partial charge in [0.25, 0.3) is 5.91 Å². The maximum atomic E-state index is 13.8. The van der Waals surface area contributed by atoms with Crippen LogP contribution in [-0.4, -0.2) is 128 Å². The first-order valence-corrected chi connectivity index (χ1v) is 16.6. The van der Waals surface area contributed by atoms with Crippen LogP contribution in [-0.2, 0) is 22.4 Å². The number of carbonyl (C=O) groups is 3. The Balaban J connectivity index is 1.18. The van der Waals surface area contributed by atoms with Crippen LogP contribution in [0.15, 0.2) is 42.5 Å². The Morgan fingerprint density at radius 3 is 2.40 bits per heavy atom. The van der Waals surface area contributed by atoms with Crippen LogP contribution in [0.2, 0.25) is 10.0 Å². The predicted octanol–water partition coefficient (Wildman–Crippen LogP) is 4.69. The Hall–Kier alpha value is -3.05. The van der Waals surface area contributed by atoms with E-state index in [0.717, 1.165) is 55.8 Å². The molecule has 45 heavy (non-hydrogen) atoms. The predicted molar refractivity (Wildman–Crippen MR) is 177 cm³/mol. The molecule has 2 aromatic carbocycles. The number of likely N-dealkylation sites (tertiary alicyclic amines) is 1. The van der Waals surface area contributed by atoms with Gasteiger partial charge in [0.05, 0.1) is 10.0 Å². The van der Waals surface area contributed by atoms with Crippen molar-refractivity contribution in [1.82, 2.24) is 24.5 Å². The summed E-state index contributed by atoms with van der Waals surface area (Å²) in [6, 6.07) is 13.0. The summed E-state index contributed by atoms with van der Waals surface area (Å²) in [5, 5.41) is 3.85. The molecule has 10 nitrogen and oxygen atoms in total. The van der Waals surface area contributed by atoms with Crippen LogP contribution in [0.5, 0.6) is 0 Å². The minimum Gasteiger partial charge on any atom is -0.436 e. The van der Waals surface area contributed by atoms with Crippen molar-refractivity contribution in [2.45, 2.75) is 44.2 Å². The molecule has 4 amide bonds. The summed E-state index contributed by atoms with van der Waals surface area (Å²) in [6.45, 7) is 6.28. The van der Waals surface area contributed by atoms with E-state index < -0.39 is 12.2 Å². The lowest BCUT2D eigenvalue weighted by Gasteiger charge is -2.38. The van der Waals surface area contributed by atoms with Gasteiger partial charge in [-0.15, -0.1) is 0 Å². The molecule has 1 atom stereocenters. The molecule has 2 fully saturated rings. The molecule has 3 heterocycles. The fraction of sp³-hybridized carbons (Fsp3) is 0.545. The third kappa shape index (κ3) is 8.82. The number of hydrogen-bond donors (Lipinski definition) is 1. The number of rotatable bonds is 9. The Morgan fingerprint density at radius 2 is 1.69 bits per heavy atom. The average molecular weight is 660 g/mol. The van der Waals surface area contributed by atoms with E-state index in [4.69, 9.17) is 27.9 Å². The Kier molecular flexibility index (Phi) is 11.5. The molecule has 12 heteroatoms. The SMILES string of the molecule is CN(C)CCCN1CCN(C(=O)[C@@H](Cc2ccc(Cl)c(Cl)c2)OC(=O)N2CCC(N3CCc4ccccc4NC3=O)CC2)CC1. The Morgan fingerprint density at radius 1 is 0.956 bits per heavy atom. The maximum absolute atomic E-state index is 13.8. The van der Waals surface area contributed by atoms with Crippen LogP contribution in [0.4, 0.5) is 15.3 Å². The summed E-state index contributed by atoms with van der Waals surface area (Å²) in [5.41, 5.74) is 2.75. The van der Waals surface area contributed by atoms with Crippen LogP contribution < -0.4 is 5.32 Å². The number of piperidine rings is 1. The van der Waals surface area contributed by atoms with Crippen molar-refractivity contribution in [3.63, 3.8) is 0 Å². The van der Waals surface area contributed by atoms with Gasteiger partial charge in [0.1, 0.15) is 0 Å². The number of piperazine rings is 1. The van der Waals surface area contributed by atoms with Gasteiger partial charge in [0, 0.05) is 64.0 Å². The zero-order valence-electron chi connectivity index (χ0n) is 26.2. The summed E-state index contributed by atoms with van der Waals surface area (Å²) in [7, 11) is 4.14. The van der Waals surface area contributed by atoms with E-state index in [1.54, 1.807) is 28.0 Å². The minimum absolute atomic E-state index is 0.0195. The summed E-state index contributed by atoms with van der Waals surface area (Å²) in [5.74, 6) is -0.196. The molecule has 2 aromatic rings. The lowest BCUT2D eigenvalue weighted by molar-refractivity contribution is -0.142. The van der Waals surface area contributed by atoms with Gasteiger partial charge >= 0.3 is 12.1 Å². The lowest BCUT2D eigenvalue weighted by atomic mass is 10.0. The van der Waals surface area contributed by atoms with Crippen LogP contribution in [0.3, 0.4) is 0 Å². The van der Waals surface area contributed by atoms with E-state index >= 15 is 0 Å². The Labute approximate surface area is 276 Å². The van der Waals surface area contributed by atoms with Crippen molar-refractivity contribution in [1.29, 1.82) is 0 Å². The van der Waals surface area contributed by atoms with Gasteiger partial charge in [0.15, 0.2) is 6.10 Å². The summed E-state index contributed by atoms with van der Waals surface area (Å²) < 4.78 is 5.97. The van der Waals surface area contributed by atoms with Gasteiger partial charge in [-0.3, -0.25) is 9.69 Å². The molecule has 0 spiro atoms. The molecular weight excluding hydrogens is 615 g/mol. The molecule has 0 aliphatic carbocycles. The highest BCUT2D eigenvalue weighted by Gasteiger charge is 2.35. The van der Waals surface area contributed by atoms with Gasteiger partial charge < -0.3 is 29.7 Å². The second-order valence-electron chi connectivity index (χ2n) is 12.4. The van der Waals surface area contributed by atoms with E-state index in [1.165, 1.54) is 0 Å². The molecule has 0 radical (unpaired) electrons. The quantitative estimate of drug-likeness (QED) is 0.421. The van der Waals surface area contributed by atoms with E-state index in [-0.39, 0.29) is 24.4 Å². The van der Waals surface area contributed by atoms with Crippen LogP contribution >= 0.6 is 23.2 Å². The number of fused-ring (bicyclic) bond motifs is 1. The van der Waals surface area contributed by atoms with Gasteiger partial charge in [-0.05, 0) is 82.2 Å². The number of urea groups is 1. The molecule has 1 N–H and O–H groups in total. The zero-order chi connectivity index (χ0) is 31.9. The molecule has 3 aliphatic heterocycles. The summed E-state index contributed by atoms with van der Waals surface area (Å²) in [4.78, 5) is 50.2. The van der Waals surface area contributed by atoms with Crippen LogP contribution in [0, 0.1) is 0 Å². The number of hydrogen-bond acceptors (Lipinski definition) is 6. The van der Waals surface area contributed by atoms with Gasteiger partial charge in [-0.1, -0.05) is 47.5 Å². The maximum Gasteiger partial charge on any atom is 0.410 e. The average Bonchev–Trinajstić information content (AvgIpc) is 3.20. The number of carbonyl (C=O) groups excluding carboxylic acids is 3. The van der Waals surface area contributed by atoms with Gasteiger partial charge in [-0.25, -0.2) is 9.59 Å². The molecule has 5 rings (SSSR count). The van der Waals surface area contributed by atoms with Crippen molar-refractivity contribution in [3.8, 4) is 0 Å². The normalized spacial score (nSPS) is 18.8. The van der Waals surface area contributed by atoms with Crippen LogP contribution in [0.25, 0.3) is 0 Å². The third-order valence-electron chi connectivity index (χ3n) is 8.99. The first-order valence-electron chi connectivity index (χ1n) is 15.9. The molecule has 0 saturated carbocycles. The fourth-order valence-electron chi connectivity index (χ4n) is 6.36. The largest absolute Gasteiger partial charge is 0.436 e. The van der Waals surface area contributed by atoms with Crippen molar-refractivity contribution >= 4 is 46.9 Å². The highest BCUT2D eigenvalue weighted by atomic mass is 35.5. The first kappa shape index (κ1) is 33.3. The van der Waals surface area contributed by atoms with E-state index in [9.17, 15) is 14.4 Å². The van der Waals surface area contributed by atoms with E-state index in [1.807, 2.05) is 29.2 Å². The highest BCUT2D eigenvalue weighted by molar-refractivity contribution is 6.42. The van der Waals surface area contributed by atoms with Crippen molar-refractivity contribution in [2.75, 3.05) is 78.3 Å². The highest BCUT2D eigenvalue weighted by Crippen LogP contribution is 2.26. The van der Waals surface area contributed by atoms with Gasteiger partial charge in [-0.2, -0.15) is 0 Å². The van der Waals surface area contributed by atoms with Crippen molar-refractivity contribution in [2.24, 2.45) is 0 Å². The molecule has 0 unspecified atom stereocenters. The third-order valence-corrected chi connectivity index (χ3v) is 9.73. The first-order chi connectivity index (χ1) is 21.7. The Bertz CT molecular complexity index is 1340. The number of para-hydroxylation sites is 1. The number of benzene rings is 2. The van der Waals surface area contributed by atoms with E-state index in [2.05, 4.69) is 29.2 Å². The number of nitrogens with zero attached hydrogens (tertiary/aromatic N) is 5. The topological polar surface area (TPSA) is 88.7 Å². The molecule has 244 valence electrons. The molecule has 2 saturated heterocycles. The number of halogens is 2. The summed E-state index contributed by atoms with van der Waals surface area (Å²) >= 11 is 12.4. The van der Waals surface area contributed by atoms with Crippen molar-refractivity contribution in [3.05, 3.63) is 63.6 Å². The molecule has 0 bridgehead atoms. The second-order valence-corrected chi connectivity index (χ2v) is 13.2. The fourth-order valence-corrected chi connectivity index (χ4v) is 6.68. The van der Waals surface area contributed by atoms with E-state index in [0.29, 0.717) is 55.6 Å². The lowest BCUT2D eigenvalue weighted by Crippen LogP contribution is -2.54. The van der Waals surface area contributed by atoms with Gasteiger partial charge in [0.2, 0.25) is 0 Å². The molecule has 3 aliphatic rings. The van der Waals surface area contributed by atoms with Crippen molar-refractivity contribution < 1.29 is 19.1 Å². The molecular formula is C33H44Cl2N6O4. The number of nitrogens with one attached hydrogen (secondary N) is 1. The zero-order valence-corrected chi connectivity index (χ0v) is 27.7. The molecule has 0 aromatic heterocycles. The standard InChI is InChI=1S/C33H44Cl2N6O4/c1-37(2)13-5-14-38-18-20-39(21-19-38)31(42)30(23-24-8-9-27(34)28(35)22-24)45-33(44)40-15-11-26(12-16-40)41-17-10-25-6-3-4-7-29(25)36-32(41)43/h3-4,6-9,22,26,30H,5,10-21,23H2,1-2H3,(H,36,43)/t30-/m1/s1. The monoisotopic (exact) mass is 658 g/mol. The summed E-state index contributed by atoms with van der Waals surface area (Å²) in [6.07, 6.45) is 1.84.